The normalized spacial score (nSPS) is 21.5. The number of piperidine rings is 1. The minimum Gasteiger partial charge on any atom is -0.382 e. The molecule has 3 heterocycles. The summed E-state index contributed by atoms with van der Waals surface area (Å²) in [4.78, 5) is 17.6. The average Bonchev–Trinajstić information content (AvgIpc) is 3.14. The Morgan fingerprint density at radius 3 is 2.75 bits per heavy atom. The van der Waals surface area contributed by atoms with Crippen molar-refractivity contribution in [2.75, 3.05) is 13.1 Å². The van der Waals surface area contributed by atoms with Gasteiger partial charge in [-0.1, -0.05) is 5.21 Å². The van der Waals surface area contributed by atoms with E-state index < -0.39 is 5.60 Å². The largest absolute Gasteiger partial charge is 0.382 e. The van der Waals surface area contributed by atoms with Crippen molar-refractivity contribution in [2.24, 2.45) is 0 Å². The van der Waals surface area contributed by atoms with Gasteiger partial charge in [0.15, 0.2) is 0 Å². The number of amides is 1. The number of hydrogen-bond donors (Lipinski definition) is 2. The molecule has 1 saturated heterocycles. The smallest absolute Gasteiger partial charge is 0.270 e. The Balaban J connectivity index is 1.82. The van der Waals surface area contributed by atoms with E-state index in [0.29, 0.717) is 24.4 Å². The molecule has 2 aromatic heterocycles. The number of aliphatic hydroxyl groups is 1. The highest BCUT2D eigenvalue weighted by molar-refractivity contribution is 5.94. The highest BCUT2D eigenvalue weighted by Gasteiger charge is 2.39. The Morgan fingerprint density at radius 2 is 2.17 bits per heavy atom. The summed E-state index contributed by atoms with van der Waals surface area (Å²) >= 11 is 0. The predicted molar refractivity (Wildman–Crippen MR) is 89.7 cm³/mol. The fourth-order valence-corrected chi connectivity index (χ4v) is 3.27. The summed E-state index contributed by atoms with van der Waals surface area (Å²) in [5.74, 6) is -0.0741. The zero-order valence-electron chi connectivity index (χ0n) is 14.7. The van der Waals surface area contributed by atoms with E-state index in [4.69, 9.17) is 0 Å². The summed E-state index contributed by atoms with van der Waals surface area (Å²) in [6.07, 6.45) is 3.09. The second-order valence-corrected chi connectivity index (χ2v) is 7.05. The SMILES string of the molecule is Cc1cc(C)c(C(=O)N2CCC[C@@](O)(c3cn(C(C)C)nn3)C2)[nH]1. The molecule has 1 fully saturated rings. The summed E-state index contributed by atoms with van der Waals surface area (Å²) < 4.78 is 1.73. The summed E-state index contributed by atoms with van der Waals surface area (Å²) in [6.45, 7) is 8.74. The van der Waals surface area contributed by atoms with Crippen LogP contribution in [0.3, 0.4) is 0 Å². The van der Waals surface area contributed by atoms with Crippen LogP contribution in [0.4, 0.5) is 0 Å². The van der Waals surface area contributed by atoms with Crippen LogP contribution in [-0.2, 0) is 5.60 Å². The second-order valence-electron chi connectivity index (χ2n) is 7.05. The molecule has 0 saturated carbocycles. The number of carbonyl (C=O) groups is 1. The molecule has 24 heavy (non-hydrogen) atoms. The first kappa shape index (κ1) is 16.7. The molecule has 0 spiro atoms. The lowest BCUT2D eigenvalue weighted by molar-refractivity contribution is -0.0322. The quantitative estimate of drug-likeness (QED) is 0.899. The molecule has 1 aliphatic heterocycles. The Bertz CT molecular complexity index is 748. The maximum Gasteiger partial charge on any atom is 0.270 e. The van der Waals surface area contributed by atoms with Crippen molar-refractivity contribution in [1.29, 1.82) is 0 Å². The number of aryl methyl sites for hydroxylation is 2. The monoisotopic (exact) mass is 331 g/mol. The number of aromatic amines is 1. The molecule has 0 aromatic carbocycles. The van der Waals surface area contributed by atoms with Crippen LogP contribution in [0.5, 0.6) is 0 Å². The van der Waals surface area contributed by atoms with E-state index in [0.717, 1.165) is 17.7 Å². The molecule has 2 aromatic rings. The van der Waals surface area contributed by atoms with Gasteiger partial charge in [-0.25, -0.2) is 4.68 Å². The number of carbonyl (C=O) groups excluding carboxylic acids is 1. The number of H-pyrrole nitrogens is 1. The van der Waals surface area contributed by atoms with Gasteiger partial charge in [0.05, 0.1) is 12.7 Å². The summed E-state index contributed by atoms with van der Waals surface area (Å²) in [5.41, 5.74) is 1.88. The highest BCUT2D eigenvalue weighted by atomic mass is 16.3. The molecule has 0 aliphatic carbocycles. The van der Waals surface area contributed by atoms with Gasteiger partial charge in [0.25, 0.3) is 5.91 Å². The van der Waals surface area contributed by atoms with Crippen LogP contribution in [0, 0.1) is 13.8 Å². The molecule has 2 N–H and O–H groups in total. The Morgan fingerprint density at radius 1 is 1.42 bits per heavy atom. The van der Waals surface area contributed by atoms with Crippen LogP contribution in [-0.4, -0.2) is 49.0 Å². The molecular weight excluding hydrogens is 306 g/mol. The van der Waals surface area contributed by atoms with E-state index >= 15 is 0 Å². The van der Waals surface area contributed by atoms with E-state index in [1.807, 2.05) is 33.8 Å². The van der Waals surface area contributed by atoms with Gasteiger partial charge >= 0.3 is 0 Å². The van der Waals surface area contributed by atoms with E-state index in [1.54, 1.807) is 15.8 Å². The third-order valence-corrected chi connectivity index (χ3v) is 4.64. The highest BCUT2D eigenvalue weighted by Crippen LogP contribution is 2.31. The van der Waals surface area contributed by atoms with Gasteiger partial charge < -0.3 is 15.0 Å². The molecule has 0 radical (unpaired) electrons. The maximum absolute atomic E-state index is 12.8. The molecule has 0 unspecified atom stereocenters. The molecule has 7 heteroatoms. The first-order valence-corrected chi connectivity index (χ1v) is 8.40. The standard InChI is InChI=1S/C17H25N5O2/c1-11(2)22-9-14(19-20-22)17(24)6-5-7-21(10-17)16(23)15-12(3)8-13(4)18-15/h8-9,11,18,24H,5-7,10H2,1-4H3/t17-/m0/s1. The first-order chi connectivity index (χ1) is 11.3. The lowest BCUT2D eigenvalue weighted by Crippen LogP contribution is -2.49. The van der Waals surface area contributed by atoms with Crippen molar-refractivity contribution in [1.82, 2.24) is 24.9 Å². The van der Waals surface area contributed by atoms with Gasteiger partial charge in [0.2, 0.25) is 0 Å². The van der Waals surface area contributed by atoms with Gasteiger partial charge in [-0.05, 0) is 52.2 Å². The first-order valence-electron chi connectivity index (χ1n) is 8.40. The molecular formula is C17H25N5O2. The Hall–Kier alpha value is -2.15. The molecule has 1 aliphatic rings. The second kappa shape index (κ2) is 6.05. The van der Waals surface area contributed by atoms with Crippen molar-refractivity contribution in [3.05, 3.63) is 34.9 Å². The number of β-amino-alcohol motifs (C(OH)–C–C–N with tert-alkyl or cyclic N) is 1. The fourth-order valence-electron chi connectivity index (χ4n) is 3.27. The number of aromatic nitrogens is 4. The van der Waals surface area contributed by atoms with Crippen molar-refractivity contribution >= 4 is 5.91 Å². The number of likely N-dealkylation sites (tertiary alicyclic amines) is 1. The zero-order valence-corrected chi connectivity index (χ0v) is 14.7. The van der Waals surface area contributed by atoms with Crippen LogP contribution in [0.1, 0.15) is 60.2 Å². The molecule has 1 atom stereocenters. The summed E-state index contributed by atoms with van der Waals surface area (Å²) in [5, 5.41) is 19.3. The molecule has 7 nitrogen and oxygen atoms in total. The number of nitrogens with one attached hydrogen (secondary N) is 1. The minimum absolute atomic E-state index is 0.0741. The van der Waals surface area contributed by atoms with Gasteiger partial charge in [-0.3, -0.25) is 4.79 Å². The molecule has 0 bridgehead atoms. The van der Waals surface area contributed by atoms with Gasteiger partial charge in [0.1, 0.15) is 17.0 Å². The van der Waals surface area contributed by atoms with E-state index in [-0.39, 0.29) is 18.5 Å². The van der Waals surface area contributed by atoms with Crippen LogP contribution < -0.4 is 0 Å². The fraction of sp³-hybridized carbons (Fsp3) is 0.588. The van der Waals surface area contributed by atoms with Gasteiger partial charge in [-0.15, -0.1) is 5.10 Å². The van der Waals surface area contributed by atoms with Crippen molar-refractivity contribution < 1.29 is 9.90 Å². The molecule has 3 rings (SSSR count). The third-order valence-electron chi connectivity index (χ3n) is 4.64. The van der Waals surface area contributed by atoms with Gasteiger partial charge in [0, 0.05) is 18.3 Å². The summed E-state index contributed by atoms with van der Waals surface area (Å²) in [6, 6.07) is 2.14. The van der Waals surface area contributed by atoms with Crippen LogP contribution in [0.15, 0.2) is 12.3 Å². The number of hydrogen-bond acceptors (Lipinski definition) is 4. The van der Waals surface area contributed by atoms with Crippen LogP contribution in [0.25, 0.3) is 0 Å². The third kappa shape index (κ3) is 2.96. The van der Waals surface area contributed by atoms with Crippen molar-refractivity contribution in [3.8, 4) is 0 Å². The van der Waals surface area contributed by atoms with Gasteiger partial charge in [-0.2, -0.15) is 0 Å². The molecule has 1 amide bonds. The number of rotatable bonds is 3. The minimum atomic E-state index is -1.14. The zero-order chi connectivity index (χ0) is 17.5. The average molecular weight is 331 g/mol. The molecule has 130 valence electrons. The lowest BCUT2D eigenvalue weighted by atomic mass is 9.89. The summed E-state index contributed by atoms with van der Waals surface area (Å²) in [7, 11) is 0. The van der Waals surface area contributed by atoms with Crippen LogP contribution in [0.2, 0.25) is 0 Å². The topological polar surface area (TPSA) is 87.0 Å². The Labute approximate surface area is 141 Å². The predicted octanol–water partition coefficient (Wildman–Crippen LogP) is 1.93. The van der Waals surface area contributed by atoms with E-state index in [9.17, 15) is 9.90 Å². The Kier molecular flexibility index (Phi) is 4.21. The maximum atomic E-state index is 12.8. The van der Waals surface area contributed by atoms with Crippen molar-refractivity contribution in [3.63, 3.8) is 0 Å². The van der Waals surface area contributed by atoms with E-state index in [1.165, 1.54) is 0 Å². The van der Waals surface area contributed by atoms with Crippen molar-refractivity contribution in [2.45, 2.75) is 52.2 Å². The lowest BCUT2D eigenvalue weighted by Gasteiger charge is -2.37. The van der Waals surface area contributed by atoms with Crippen LogP contribution >= 0.6 is 0 Å². The number of nitrogens with zero attached hydrogens (tertiary/aromatic N) is 4. The van der Waals surface area contributed by atoms with E-state index in [2.05, 4.69) is 15.3 Å².